The Morgan fingerprint density at radius 2 is 2.42 bits per heavy atom. The van der Waals surface area contributed by atoms with Gasteiger partial charge in [0.05, 0.1) is 24.9 Å². The smallest absolute Gasteiger partial charge is 0.410 e. The second-order valence-electron chi connectivity index (χ2n) is 5.03. The van der Waals surface area contributed by atoms with Crippen LogP contribution in [0.5, 0.6) is 0 Å². The lowest BCUT2D eigenvalue weighted by Crippen LogP contribution is -2.31. The van der Waals surface area contributed by atoms with Gasteiger partial charge in [0.2, 0.25) is 0 Å². The number of rotatable bonds is 2. The first-order valence-corrected chi connectivity index (χ1v) is 6.79. The average molecular weight is 262 g/mol. The molecule has 1 unspecified atom stereocenters. The van der Waals surface area contributed by atoms with Gasteiger partial charge >= 0.3 is 6.09 Å². The van der Waals surface area contributed by atoms with Crippen molar-refractivity contribution in [1.29, 1.82) is 0 Å². The summed E-state index contributed by atoms with van der Waals surface area (Å²) >= 11 is 0. The third kappa shape index (κ3) is 2.87. The van der Waals surface area contributed by atoms with E-state index in [1.165, 1.54) is 0 Å². The van der Waals surface area contributed by atoms with Gasteiger partial charge in [0, 0.05) is 12.8 Å². The van der Waals surface area contributed by atoms with Crippen molar-refractivity contribution in [2.45, 2.75) is 38.5 Å². The van der Waals surface area contributed by atoms with E-state index >= 15 is 0 Å². The number of hydrogen-bond acceptors (Lipinski definition) is 4. The number of hydrogen-bond donors (Lipinski definition) is 0. The molecule has 1 aromatic rings. The Bertz CT molecular complexity index is 433. The minimum Gasteiger partial charge on any atom is -0.447 e. The second-order valence-corrected chi connectivity index (χ2v) is 5.03. The lowest BCUT2D eigenvalue weighted by molar-refractivity contribution is -0.0282. The van der Waals surface area contributed by atoms with Crippen LogP contribution in [0.3, 0.4) is 0 Å². The molecular formula is C14H18N2O3. The van der Waals surface area contributed by atoms with Crippen LogP contribution in [0.4, 0.5) is 4.79 Å². The number of pyridine rings is 1. The number of carbonyl (C=O) groups excluding carboxylic acids is 1. The van der Waals surface area contributed by atoms with Crippen molar-refractivity contribution in [1.82, 2.24) is 9.88 Å². The normalized spacial score (nSPS) is 22.1. The topological polar surface area (TPSA) is 51.7 Å². The highest BCUT2D eigenvalue weighted by Gasteiger charge is 2.26. The zero-order valence-corrected chi connectivity index (χ0v) is 10.9. The van der Waals surface area contributed by atoms with Crippen LogP contribution in [-0.2, 0) is 22.6 Å². The summed E-state index contributed by atoms with van der Waals surface area (Å²) in [7, 11) is 0. The largest absolute Gasteiger partial charge is 0.447 e. The van der Waals surface area contributed by atoms with E-state index in [-0.39, 0.29) is 12.2 Å². The van der Waals surface area contributed by atoms with Gasteiger partial charge in [-0.05, 0) is 30.9 Å². The van der Waals surface area contributed by atoms with Crippen molar-refractivity contribution in [2.75, 3.05) is 13.2 Å². The predicted octanol–water partition coefficient (Wildman–Crippen LogP) is 2.10. The summed E-state index contributed by atoms with van der Waals surface area (Å²) in [6.45, 7) is 2.27. The maximum Gasteiger partial charge on any atom is 0.410 e. The summed E-state index contributed by atoms with van der Waals surface area (Å²) in [5.41, 5.74) is 2.07. The van der Waals surface area contributed by atoms with Crippen molar-refractivity contribution in [3.63, 3.8) is 0 Å². The molecule has 102 valence electrons. The van der Waals surface area contributed by atoms with Crippen molar-refractivity contribution in [3.8, 4) is 0 Å². The Hall–Kier alpha value is -1.62. The number of aromatic nitrogens is 1. The summed E-state index contributed by atoms with van der Waals surface area (Å²) in [6.07, 6.45) is 4.80. The van der Waals surface area contributed by atoms with Crippen LogP contribution in [0.25, 0.3) is 0 Å². The van der Waals surface area contributed by atoms with E-state index in [0.29, 0.717) is 19.7 Å². The van der Waals surface area contributed by atoms with E-state index in [1.807, 2.05) is 12.1 Å². The van der Waals surface area contributed by atoms with Crippen LogP contribution < -0.4 is 0 Å². The molecule has 3 rings (SSSR count). The Kier molecular flexibility index (Phi) is 3.64. The van der Waals surface area contributed by atoms with Gasteiger partial charge in [-0.1, -0.05) is 6.07 Å². The van der Waals surface area contributed by atoms with Gasteiger partial charge < -0.3 is 9.47 Å². The highest BCUT2D eigenvalue weighted by atomic mass is 16.6. The molecular weight excluding hydrogens is 244 g/mol. The molecule has 2 aliphatic heterocycles. The molecule has 1 fully saturated rings. The lowest BCUT2D eigenvalue weighted by atomic mass is 10.1. The molecule has 0 aromatic carbocycles. The van der Waals surface area contributed by atoms with E-state index < -0.39 is 0 Å². The minimum atomic E-state index is -0.271. The second kappa shape index (κ2) is 5.57. The maximum absolute atomic E-state index is 12.0. The number of fused-ring (bicyclic) bond motifs is 1. The summed E-state index contributed by atoms with van der Waals surface area (Å²) < 4.78 is 10.9. The molecule has 5 heteroatoms. The monoisotopic (exact) mass is 262 g/mol. The van der Waals surface area contributed by atoms with Gasteiger partial charge in [-0.2, -0.15) is 0 Å². The fraction of sp³-hybridized carbons (Fsp3) is 0.571. The van der Waals surface area contributed by atoms with Crippen molar-refractivity contribution >= 4 is 6.09 Å². The van der Waals surface area contributed by atoms with Crippen LogP contribution in [0.1, 0.15) is 30.5 Å². The van der Waals surface area contributed by atoms with Gasteiger partial charge in [-0.15, -0.1) is 0 Å². The fourth-order valence-electron chi connectivity index (χ4n) is 2.52. The molecule has 1 saturated heterocycles. The first-order chi connectivity index (χ1) is 9.33. The molecule has 2 aliphatic rings. The molecule has 0 aliphatic carbocycles. The zero-order chi connectivity index (χ0) is 13.1. The van der Waals surface area contributed by atoms with Crippen molar-refractivity contribution in [3.05, 3.63) is 29.6 Å². The number of amides is 1. The van der Waals surface area contributed by atoms with E-state index in [9.17, 15) is 4.79 Å². The quantitative estimate of drug-likeness (QED) is 0.819. The minimum absolute atomic E-state index is 0.0702. The van der Waals surface area contributed by atoms with Gasteiger partial charge in [0.25, 0.3) is 0 Å². The van der Waals surface area contributed by atoms with Crippen molar-refractivity contribution in [2.24, 2.45) is 0 Å². The van der Waals surface area contributed by atoms with Gasteiger partial charge in [0.15, 0.2) is 0 Å². The van der Waals surface area contributed by atoms with Crippen LogP contribution in [0.2, 0.25) is 0 Å². The molecule has 0 spiro atoms. The SMILES string of the molecule is O=C(OCC1CCCCO1)N1Cc2cccnc2C1. The maximum atomic E-state index is 12.0. The number of ether oxygens (including phenoxy) is 2. The third-order valence-corrected chi connectivity index (χ3v) is 3.61. The Morgan fingerprint density at radius 1 is 1.47 bits per heavy atom. The molecule has 0 bridgehead atoms. The van der Waals surface area contributed by atoms with Crippen LogP contribution in [-0.4, -0.2) is 35.3 Å². The molecule has 0 N–H and O–H groups in total. The highest BCUT2D eigenvalue weighted by molar-refractivity contribution is 5.68. The highest BCUT2D eigenvalue weighted by Crippen LogP contribution is 2.21. The summed E-state index contributed by atoms with van der Waals surface area (Å²) in [5, 5.41) is 0. The molecule has 19 heavy (non-hydrogen) atoms. The van der Waals surface area contributed by atoms with Crippen molar-refractivity contribution < 1.29 is 14.3 Å². The average Bonchev–Trinajstić information content (AvgIpc) is 2.90. The molecule has 1 atom stereocenters. The van der Waals surface area contributed by atoms with E-state index in [0.717, 1.165) is 37.1 Å². The van der Waals surface area contributed by atoms with Crippen LogP contribution in [0, 0.1) is 0 Å². The zero-order valence-electron chi connectivity index (χ0n) is 10.9. The van der Waals surface area contributed by atoms with Crippen LogP contribution in [0.15, 0.2) is 18.3 Å². The molecule has 1 amide bonds. The summed E-state index contributed by atoms with van der Waals surface area (Å²) in [5.74, 6) is 0. The molecule has 1 aromatic heterocycles. The first-order valence-electron chi connectivity index (χ1n) is 6.79. The predicted molar refractivity (Wildman–Crippen MR) is 68.4 cm³/mol. The van der Waals surface area contributed by atoms with Crippen LogP contribution >= 0.6 is 0 Å². The summed E-state index contributed by atoms with van der Waals surface area (Å²) in [6, 6.07) is 3.89. The Labute approximate surface area is 112 Å². The third-order valence-electron chi connectivity index (χ3n) is 3.61. The van der Waals surface area contributed by atoms with Gasteiger partial charge in [0.1, 0.15) is 6.61 Å². The van der Waals surface area contributed by atoms with Gasteiger partial charge in [-0.25, -0.2) is 4.79 Å². The standard InChI is InChI=1S/C14H18N2O3/c17-14(19-10-12-5-1-2-7-18-12)16-8-11-4-3-6-15-13(11)9-16/h3-4,6,12H,1-2,5,7-10H2. The van der Waals surface area contributed by atoms with E-state index in [4.69, 9.17) is 9.47 Å². The molecule has 0 saturated carbocycles. The summed E-state index contributed by atoms with van der Waals surface area (Å²) in [4.78, 5) is 17.9. The fourth-order valence-corrected chi connectivity index (χ4v) is 2.52. The Morgan fingerprint density at radius 3 is 3.21 bits per heavy atom. The Balaban J connectivity index is 1.49. The molecule has 0 radical (unpaired) electrons. The molecule has 3 heterocycles. The number of nitrogens with zero attached hydrogens (tertiary/aromatic N) is 2. The van der Waals surface area contributed by atoms with E-state index in [2.05, 4.69) is 4.98 Å². The molecule has 5 nitrogen and oxygen atoms in total. The lowest BCUT2D eigenvalue weighted by Gasteiger charge is -2.23. The van der Waals surface area contributed by atoms with Gasteiger partial charge in [-0.3, -0.25) is 9.88 Å². The first kappa shape index (κ1) is 12.4. The number of carbonyl (C=O) groups is 1. The van der Waals surface area contributed by atoms with E-state index in [1.54, 1.807) is 11.1 Å².